The van der Waals surface area contributed by atoms with Gasteiger partial charge in [-0.2, -0.15) is 0 Å². The Balaban J connectivity index is 1.49. The van der Waals surface area contributed by atoms with E-state index in [2.05, 4.69) is 115 Å². The van der Waals surface area contributed by atoms with Crippen molar-refractivity contribution in [1.29, 1.82) is 0 Å². The molecule has 1 heteroatoms. The van der Waals surface area contributed by atoms with Crippen LogP contribution in [0, 0.1) is 0 Å². The van der Waals surface area contributed by atoms with Gasteiger partial charge in [-0.1, -0.05) is 96.5 Å². The minimum atomic E-state index is 0.852. The van der Waals surface area contributed by atoms with Crippen molar-refractivity contribution in [2.24, 2.45) is 0 Å². The molecule has 0 saturated carbocycles. The number of rotatable bonds is 0. The molecule has 0 saturated heterocycles. The van der Waals surface area contributed by atoms with Gasteiger partial charge in [-0.15, -0.1) is 0 Å². The first-order chi connectivity index (χ1) is 19.3. The van der Waals surface area contributed by atoms with E-state index in [1.807, 2.05) is 0 Å². The van der Waals surface area contributed by atoms with E-state index in [0.717, 1.165) is 10.4 Å². The van der Waals surface area contributed by atoms with E-state index in [1.54, 1.807) is 0 Å². The summed E-state index contributed by atoms with van der Waals surface area (Å²) in [7, 11) is 0. The average Bonchev–Trinajstić information content (AvgIpc) is 3.47. The van der Waals surface area contributed by atoms with Gasteiger partial charge < -0.3 is 0 Å². The molecule has 178 valence electrons. The van der Waals surface area contributed by atoms with E-state index in [1.165, 1.54) is 91.6 Å². The molecule has 10 aromatic rings. The Hall–Kier alpha value is -4.65. The molecule has 0 amide bonds. The molecule has 0 aromatic heterocycles. The van der Waals surface area contributed by atoms with Crippen LogP contribution in [0.5, 0.6) is 0 Å². The van der Waals surface area contributed by atoms with Crippen LogP contribution in [0.25, 0.3) is 97.0 Å². The highest BCUT2D eigenvalue weighted by Gasteiger charge is 2.21. The SMILES string of the molecule is Clc1c2ccccc2cc2c3cccc4c5cc6c7cc8ccccc8cc7c7cccc(c5cc(c12)c43)c76. The fraction of sp³-hybridized carbons (Fsp3) is 0. The van der Waals surface area contributed by atoms with Crippen molar-refractivity contribution in [3.63, 3.8) is 0 Å². The lowest BCUT2D eigenvalue weighted by Gasteiger charge is -2.10. The van der Waals surface area contributed by atoms with Crippen molar-refractivity contribution in [1.82, 2.24) is 0 Å². The molecule has 0 fully saturated rings. The van der Waals surface area contributed by atoms with Crippen LogP contribution in [0.15, 0.2) is 115 Å². The van der Waals surface area contributed by atoms with Crippen LogP contribution in [-0.2, 0) is 0 Å². The van der Waals surface area contributed by atoms with Crippen LogP contribution < -0.4 is 0 Å². The van der Waals surface area contributed by atoms with Gasteiger partial charge in [-0.3, -0.25) is 0 Å². The highest BCUT2D eigenvalue weighted by molar-refractivity contribution is 6.48. The first-order valence-electron chi connectivity index (χ1n) is 13.5. The molecule has 0 heterocycles. The monoisotopic (exact) mass is 510 g/mol. The van der Waals surface area contributed by atoms with Crippen molar-refractivity contribution >= 4 is 109 Å². The summed E-state index contributed by atoms with van der Waals surface area (Å²) in [5, 5.41) is 23.9. The van der Waals surface area contributed by atoms with Crippen LogP contribution in [-0.4, -0.2) is 0 Å². The van der Waals surface area contributed by atoms with Gasteiger partial charge in [0.15, 0.2) is 0 Å². The van der Waals surface area contributed by atoms with E-state index in [-0.39, 0.29) is 0 Å². The third kappa shape index (κ3) is 2.38. The molecule has 0 radical (unpaired) electrons. The smallest absolute Gasteiger partial charge is 0.0569 e. The Labute approximate surface area is 228 Å². The molecule has 39 heavy (non-hydrogen) atoms. The summed E-state index contributed by atoms with van der Waals surface area (Å²) in [6, 6.07) is 42.7. The summed E-state index contributed by atoms with van der Waals surface area (Å²) in [4.78, 5) is 0. The standard InChI is InChI=1S/C38H19Cl/c39-38-23-10-4-3-9-22(23)17-32-27-14-6-13-26-30-18-33-29-16-21-8-2-1-7-20(21)15-28(29)24-11-5-12-25(35(24)33)31(30)19-34(36(26)27)37(32)38/h1-19H. The predicted octanol–water partition coefficient (Wildman–Crippen LogP) is 11.6. The van der Waals surface area contributed by atoms with Gasteiger partial charge in [0.2, 0.25) is 0 Å². The van der Waals surface area contributed by atoms with Crippen molar-refractivity contribution in [3.8, 4) is 0 Å². The molecule has 0 spiro atoms. The number of fused-ring (bicyclic) bond motifs is 11. The molecule has 0 bridgehead atoms. The average molecular weight is 511 g/mol. The Bertz CT molecular complexity index is 2660. The Morgan fingerprint density at radius 2 is 0.692 bits per heavy atom. The summed E-state index contributed by atoms with van der Waals surface area (Å²) in [6.07, 6.45) is 0. The first kappa shape index (κ1) is 20.3. The zero-order valence-corrected chi connectivity index (χ0v) is 21.6. The molecular formula is C38H19Cl. The zero-order valence-electron chi connectivity index (χ0n) is 20.8. The molecule has 0 nitrogen and oxygen atoms in total. The van der Waals surface area contributed by atoms with E-state index >= 15 is 0 Å². The Kier molecular flexibility index (Phi) is 3.57. The highest BCUT2D eigenvalue weighted by atomic mass is 35.5. The lowest BCUT2D eigenvalue weighted by Crippen LogP contribution is -1.82. The lowest BCUT2D eigenvalue weighted by molar-refractivity contribution is 1.81. The third-order valence-corrected chi connectivity index (χ3v) is 9.52. The fourth-order valence-electron chi connectivity index (χ4n) is 7.49. The van der Waals surface area contributed by atoms with Gasteiger partial charge in [-0.05, 0) is 117 Å². The quantitative estimate of drug-likeness (QED) is 0.178. The van der Waals surface area contributed by atoms with E-state index < -0.39 is 0 Å². The summed E-state index contributed by atoms with van der Waals surface area (Å²) in [6.45, 7) is 0. The minimum Gasteiger partial charge on any atom is -0.0830 e. The highest BCUT2D eigenvalue weighted by Crippen LogP contribution is 2.49. The number of hydrogen-bond acceptors (Lipinski definition) is 0. The van der Waals surface area contributed by atoms with Gasteiger partial charge >= 0.3 is 0 Å². The van der Waals surface area contributed by atoms with Crippen LogP contribution in [0.2, 0.25) is 5.02 Å². The molecular weight excluding hydrogens is 492 g/mol. The Morgan fingerprint density at radius 1 is 0.282 bits per heavy atom. The fourth-order valence-corrected chi connectivity index (χ4v) is 7.87. The van der Waals surface area contributed by atoms with E-state index in [0.29, 0.717) is 0 Å². The van der Waals surface area contributed by atoms with E-state index in [4.69, 9.17) is 11.6 Å². The maximum absolute atomic E-state index is 7.20. The topological polar surface area (TPSA) is 0 Å². The second-order valence-corrected chi connectivity index (χ2v) is 11.4. The summed E-state index contributed by atoms with van der Waals surface area (Å²) in [5.41, 5.74) is 0. The molecule has 0 N–H and O–H groups in total. The molecule has 10 aromatic carbocycles. The maximum Gasteiger partial charge on any atom is 0.0569 e. The molecule has 0 aliphatic heterocycles. The molecule has 0 unspecified atom stereocenters. The van der Waals surface area contributed by atoms with Gasteiger partial charge in [0.25, 0.3) is 0 Å². The van der Waals surface area contributed by atoms with Crippen molar-refractivity contribution < 1.29 is 0 Å². The molecule has 0 atom stereocenters. The van der Waals surface area contributed by atoms with Crippen molar-refractivity contribution in [2.75, 3.05) is 0 Å². The Morgan fingerprint density at radius 3 is 1.36 bits per heavy atom. The normalized spacial score (nSPS) is 12.7. The van der Waals surface area contributed by atoms with E-state index in [9.17, 15) is 0 Å². The third-order valence-electron chi connectivity index (χ3n) is 9.13. The van der Waals surface area contributed by atoms with Crippen LogP contribution in [0.4, 0.5) is 0 Å². The van der Waals surface area contributed by atoms with Crippen LogP contribution in [0.3, 0.4) is 0 Å². The van der Waals surface area contributed by atoms with Gasteiger partial charge in [0.1, 0.15) is 0 Å². The molecule has 0 aliphatic rings. The number of hydrogen-bond donors (Lipinski definition) is 0. The van der Waals surface area contributed by atoms with Crippen LogP contribution in [0.1, 0.15) is 0 Å². The maximum atomic E-state index is 7.20. The summed E-state index contributed by atoms with van der Waals surface area (Å²) < 4.78 is 0. The van der Waals surface area contributed by atoms with Crippen molar-refractivity contribution in [2.45, 2.75) is 0 Å². The zero-order chi connectivity index (χ0) is 25.4. The second-order valence-electron chi connectivity index (χ2n) is 11.0. The first-order valence-corrected chi connectivity index (χ1v) is 13.8. The largest absolute Gasteiger partial charge is 0.0830 e. The van der Waals surface area contributed by atoms with Crippen LogP contribution >= 0.6 is 11.6 Å². The summed E-state index contributed by atoms with van der Waals surface area (Å²) in [5.74, 6) is 0. The minimum absolute atomic E-state index is 0.852. The molecule has 10 rings (SSSR count). The number of benzene rings is 8. The van der Waals surface area contributed by atoms with Crippen molar-refractivity contribution in [3.05, 3.63) is 120 Å². The lowest BCUT2D eigenvalue weighted by atomic mass is 9.93. The van der Waals surface area contributed by atoms with Gasteiger partial charge in [0.05, 0.1) is 5.02 Å². The summed E-state index contributed by atoms with van der Waals surface area (Å²) >= 11 is 7.20. The second kappa shape index (κ2) is 6.86. The molecule has 0 aliphatic carbocycles. The van der Waals surface area contributed by atoms with Gasteiger partial charge in [0, 0.05) is 10.8 Å². The number of halogens is 1. The van der Waals surface area contributed by atoms with Gasteiger partial charge in [-0.25, -0.2) is 0 Å². The predicted molar refractivity (Wildman–Crippen MR) is 171 cm³/mol.